The first-order valence-electron chi connectivity index (χ1n) is 9.07. The van der Waals surface area contributed by atoms with Gasteiger partial charge in [0, 0.05) is 22.8 Å². The van der Waals surface area contributed by atoms with Gasteiger partial charge in [-0.15, -0.1) is 0 Å². The maximum absolute atomic E-state index is 12.3. The van der Waals surface area contributed by atoms with Crippen molar-refractivity contribution in [3.05, 3.63) is 48.5 Å². The average Bonchev–Trinajstić information content (AvgIpc) is 3.14. The fourth-order valence-electron chi connectivity index (χ4n) is 2.52. The Morgan fingerprint density at radius 3 is 2.63 bits per heavy atom. The molecule has 0 aliphatic carbocycles. The van der Waals surface area contributed by atoms with E-state index in [-0.39, 0.29) is 6.42 Å². The molecule has 2 aromatic carbocycles. The molecule has 3 aromatic rings. The van der Waals surface area contributed by atoms with Gasteiger partial charge in [0.15, 0.2) is 11.8 Å². The van der Waals surface area contributed by atoms with Gasteiger partial charge in [-0.2, -0.15) is 8.78 Å². The first kappa shape index (κ1) is 22.1. The molecule has 0 atom stereocenters. The highest BCUT2D eigenvalue weighted by atomic mass is 32.2. The quantitative estimate of drug-likeness (QED) is 0.258. The summed E-state index contributed by atoms with van der Waals surface area (Å²) in [6, 6.07) is 13.7. The number of hydrogen-bond donors (Lipinski definition) is 2. The van der Waals surface area contributed by atoms with E-state index in [9.17, 15) is 18.4 Å². The zero-order valence-electron chi connectivity index (χ0n) is 15.8. The zero-order valence-corrected chi connectivity index (χ0v) is 17.4. The molecule has 0 radical (unpaired) electrons. The van der Waals surface area contributed by atoms with Crippen molar-refractivity contribution in [3.8, 4) is 0 Å². The molecule has 0 spiro atoms. The molecule has 0 fully saturated rings. The van der Waals surface area contributed by atoms with Gasteiger partial charge in [0.05, 0.1) is 11.0 Å². The highest BCUT2D eigenvalue weighted by Gasteiger charge is 2.10. The lowest BCUT2D eigenvalue weighted by Gasteiger charge is -2.07. The number of rotatable bonds is 10. The zero-order chi connectivity index (χ0) is 21.3. The van der Waals surface area contributed by atoms with Crippen LogP contribution in [0, 0.1) is 0 Å². The average molecular weight is 452 g/mol. The van der Waals surface area contributed by atoms with Gasteiger partial charge in [0.25, 0.3) is 11.7 Å². The van der Waals surface area contributed by atoms with Gasteiger partial charge < -0.3 is 15.0 Å². The summed E-state index contributed by atoms with van der Waals surface area (Å²) >= 11 is 1.94. The largest absolute Gasteiger partial charge is 0.456 e. The van der Waals surface area contributed by atoms with Crippen LogP contribution in [0.15, 0.2) is 58.6 Å². The summed E-state index contributed by atoms with van der Waals surface area (Å²) in [5, 5.41) is 3.34. The van der Waals surface area contributed by atoms with Crippen LogP contribution in [0.2, 0.25) is 0 Å². The number of esters is 1. The fraction of sp³-hybridized carbons (Fsp3) is 0.250. The molecule has 0 aliphatic heterocycles. The van der Waals surface area contributed by atoms with Crippen molar-refractivity contribution in [2.24, 2.45) is 0 Å². The van der Waals surface area contributed by atoms with Crippen molar-refractivity contribution < 1.29 is 23.1 Å². The van der Waals surface area contributed by atoms with Crippen molar-refractivity contribution in [1.29, 1.82) is 0 Å². The van der Waals surface area contributed by atoms with Crippen LogP contribution in [0.4, 0.5) is 14.5 Å². The van der Waals surface area contributed by atoms with Crippen molar-refractivity contribution >= 4 is 52.1 Å². The third kappa shape index (κ3) is 7.03. The van der Waals surface area contributed by atoms with E-state index in [0.29, 0.717) is 34.5 Å². The first-order valence-corrected chi connectivity index (χ1v) is 10.9. The topological polar surface area (TPSA) is 84.1 Å². The molecular weight excluding hydrogens is 432 g/mol. The second-order valence-corrected chi connectivity index (χ2v) is 8.27. The summed E-state index contributed by atoms with van der Waals surface area (Å²) in [5.41, 5.74) is 2.30. The number of benzene rings is 2. The summed E-state index contributed by atoms with van der Waals surface area (Å²) in [4.78, 5) is 31.7. The molecule has 0 bridgehead atoms. The number of hydrogen-bond acceptors (Lipinski definition) is 6. The van der Waals surface area contributed by atoms with E-state index in [1.807, 2.05) is 24.3 Å². The Bertz CT molecular complexity index is 963. The number of thioether (sulfide) groups is 2. The number of carbonyl (C=O) groups is 2. The van der Waals surface area contributed by atoms with E-state index >= 15 is 0 Å². The number of nitrogens with one attached hydrogen (secondary N) is 2. The van der Waals surface area contributed by atoms with Crippen molar-refractivity contribution in [3.63, 3.8) is 0 Å². The van der Waals surface area contributed by atoms with Crippen molar-refractivity contribution in [2.75, 3.05) is 17.7 Å². The smallest absolute Gasteiger partial charge is 0.306 e. The molecule has 3 rings (SSSR count). The lowest BCUT2D eigenvalue weighted by molar-refractivity contribution is -0.147. The number of amides is 1. The molecule has 1 amide bonds. The maximum atomic E-state index is 12.3. The predicted molar refractivity (Wildman–Crippen MR) is 114 cm³/mol. The van der Waals surface area contributed by atoms with Crippen LogP contribution in [0.5, 0.6) is 0 Å². The van der Waals surface area contributed by atoms with Gasteiger partial charge in [0.2, 0.25) is 0 Å². The molecule has 0 saturated heterocycles. The molecule has 158 valence electrons. The van der Waals surface area contributed by atoms with Crippen LogP contribution in [-0.4, -0.2) is 40.0 Å². The van der Waals surface area contributed by atoms with Crippen LogP contribution >= 0.6 is 23.5 Å². The Morgan fingerprint density at radius 2 is 1.90 bits per heavy atom. The summed E-state index contributed by atoms with van der Waals surface area (Å²) in [5.74, 6) is -2.76. The number of anilines is 1. The highest BCUT2D eigenvalue weighted by molar-refractivity contribution is 7.99. The first-order chi connectivity index (χ1) is 14.5. The number of fused-ring (bicyclic) bond motifs is 1. The molecule has 10 heteroatoms. The summed E-state index contributed by atoms with van der Waals surface area (Å²) in [7, 11) is 0. The van der Waals surface area contributed by atoms with Gasteiger partial charge in [-0.05, 0) is 42.8 Å². The second kappa shape index (κ2) is 11.0. The number of para-hydroxylation sites is 2. The van der Waals surface area contributed by atoms with Crippen molar-refractivity contribution in [1.82, 2.24) is 9.97 Å². The van der Waals surface area contributed by atoms with Gasteiger partial charge in [-0.1, -0.05) is 35.7 Å². The molecule has 1 aromatic heterocycles. The summed E-state index contributed by atoms with van der Waals surface area (Å²) in [6.07, 6.45) is 0.783. The molecule has 2 N–H and O–H groups in total. The third-order valence-corrected chi connectivity index (χ3v) is 5.54. The highest BCUT2D eigenvalue weighted by Crippen LogP contribution is 2.26. The van der Waals surface area contributed by atoms with Crippen LogP contribution in [-0.2, 0) is 14.3 Å². The molecule has 1 heterocycles. The number of H-pyrrole nitrogens is 1. The van der Waals surface area contributed by atoms with Gasteiger partial charge >= 0.3 is 5.97 Å². The number of imidazole rings is 1. The summed E-state index contributed by atoms with van der Waals surface area (Å²) < 4.78 is 29.5. The molecule has 6 nitrogen and oxygen atoms in total. The van der Waals surface area contributed by atoms with Gasteiger partial charge in [0.1, 0.15) is 0 Å². The van der Waals surface area contributed by atoms with Crippen LogP contribution < -0.4 is 5.32 Å². The molecule has 0 aliphatic rings. The fourth-order valence-corrected chi connectivity index (χ4v) is 3.84. The lowest BCUT2D eigenvalue weighted by atomic mass is 10.3. The van der Waals surface area contributed by atoms with E-state index in [2.05, 4.69) is 15.3 Å². The van der Waals surface area contributed by atoms with E-state index in [1.54, 1.807) is 0 Å². The minimum Gasteiger partial charge on any atom is -0.456 e. The number of carbonyl (C=O) groups excluding carboxylic acids is 2. The van der Waals surface area contributed by atoms with Crippen molar-refractivity contribution in [2.45, 2.75) is 28.7 Å². The monoisotopic (exact) mass is 451 g/mol. The van der Waals surface area contributed by atoms with E-state index in [4.69, 9.17) is 4.74 Å². The van der Waals surface area contributed by atoms with Crippen LogP contribution in [0.25, 0.3) is 11.0 Å². The molecule has 30 heavy (non-hydrogen) atoms. The Labute approximate surface area is 180 Å². The second-order valence-electron chi connectivity index (χ2n) is 6.12. The van der Waals surface area contributed by atoms with Crippen LogP contribution in [0.1, 0.15) is 12.8 Å². The van der Waals surface area contributed by atoms with E-state index < -0.39 is 24.2 Å². The number of aromatic amines is 1. The standard InChI is InChI=1S/C20H19F2N3O3S2/c21-19(22)30-14-9-7-13(8-10-14)23-17(26)12-28-18(27)6-3-11-29-20-24-15-4-1-2-5-16(15)25-20/h1-2,4-5,7-10,19H,3,6,11-12H2,(H,23,26)(H,24,25). The lowest BCUT2D eigenvalue weighted by Crippen LogP contribution is -2.20. The number of nitrogens with zero attached hydrogens (tertiary/aromatic N) is 1. The van der Waals surface area contributed by atoms with Gasteiger partial charge in [-0.3, -0.25) is 9.59 Å². The normalized spacial score (nSPS) is 11.0. The molecular formula is C20H19F2N3O3S2. The van der Waals surface area contributed by atoms with E-state index in [0.717, 1.165) is 16.2 Å². The number of ether oxygens (including phenoxy) is 1. The maximum Gasteiger partial charge on any atom is 0.306 e. The number of alkyl halides is 2. The Balaban J connectivity index is 1.31. The summed E-state index contributed by atoms with van der Waals surface area (Å²) in [6.45, 7) is -0.400. The minimum absolute atomic E-state index is 0.195. The minimum atomic E-state index is -2.50. The molecule has 0 saturated carbocycles. The third-order valence-electron chi connectivity index (χ3n) is 3.86. The Kier molecular flexibility index (Phi) is 8.09. The Morgan fingerprint density at radius 1 is 1.13 bits per heavy atom. The predicted octanol–water partition coefficient (Wildman–Crippen LogP) is 4.93. The van der Waals surface area contributed by atoms with Gasteiger partial charge in [-0.25, -0.2) is 4.98 Å². The Hall–Kier alpha value is -2.59. The SMILES string of the molecule is O=C(COC(=O)CCCSc1nc2ccccc2[nH]1)Nc1ccc(SC(F)F)cc1. The number of aromatic nitrogens is 2. The molecule has 0 unspecified atom stereocenters. The van der Waals surface area contributed by atoms with E-state index in [1.165, 1.54) is 36.0 Å². The van der Waals surface area contributed by atoms with Crippen LogP contribution in [0.3, 0.4) is 0 Å². The number of halogens is 2.